The fourth-order valence-corrected chi connectivity index (χ4v) is 3.57. The summed E-state index contributed by atoms with van der Waals surface area (Å²) < 4.78 is 26.5. The summed E-state index contributed by atoms with van der Waals surface area (Å²) in [6, 6.07) is 11.1. The van der Waals surface area contributed by atoms with Gasteiger partial charge in [0, 0.05) is 19.0 Å². The Balaban J connectivity index is 2.52. The number of hydrogen-bond acceptors (Lipinski definition) is 5. The summed E-state index contributed by atoms with van der Waals surface area (Å²) in [4.78, 5) is 4.72. The minimum absolute atomic E-state index is 0.155. The molecule has 0 radical (unpaired) electrons. The zero-order chi connectivity index (χ0) is 14.8. The number of nitriles is 1. The second kappa shape index (κ2) is 5.66. The maximum Gasteiger partial charge on any atom is 0.310 e. The number of hydrogen-bond donors (Lipinski definition) is 0. The van der Waals surface area contributed by atoms with Gasteiger partial charge in [-0.25, -0.2) is 4.98 Å². The average Bonchev–Trinajstić information content (AvgIpc) is 2.83. The molecule has 8 heteroatoms. The van der Waals surface area contributed by atoms with Crippen molar-refractivity contribution in [2.24, 2.45) is 0 Å². The lowest BCUT2D eigenvalue weighted by Gasteiger charge is -2.14. The molecule has 0 amide bonds. The fraction of sp³-hybridized carbons (Fsp3) is 0.167. The van der Waals surface area contributed by atoms with Crippen LogP contribution in [0.1, 0.15) is 5.82 Å². The second-order valence-corrected chi connectivity index (χ2v) is 7.09. The van der Waals surface area contributed by atoms with Crippen molar-refractivity contribution in [3.63, 3.8) is 0 Å². The van der Waals surface area contributed by atoms with Gasteiger partial charge in [0.25, 0.3) is 0 Å². The molecule has 0 unspecified atom stereocenters. The Kier molecular flexibility index (Phi) is 4.13. The van der Waals surface area contributed by atoms with Gasteiger partial charge in [0.2, 0.25) is 5.82 Å². The van der Waals surface area contributed by atoms with Crippen molar-refractivity contribution in [2.75, 3.05) is 14.1 Å². The topological polar surface area (TPSA) is 79.0 Å². The van der Waals surface area contributed by atoms with Crippen LogP contribution < -0.4 is 0 Å². The van der Waals surface area contributed by atoms with Crippen molar-refractivity contribution in [3.8, 4) is 6.07 Å². The van der Waals surface area contributed by atoms with E-state index >= 15 is 0 Å². The number of aromatic nitrogens is 2. The molecule has 6 nitrogen and oxygen atoms in total. The molecule has 2 rings (SSSR count). The standard InChI is InChI=1S/C12H12N4O2S2/c1-15(2)20(17,18)16-11(8-13)14-9-12(16)19-10-6-4-3-5-7-10/h3-7,9H,1-2H3. The van der Waals surface area contributed by atoms with Crippen molar-refractivity contribution in [3.05, 3.63) is 42.4 Å². The first kappa shape index (κ1) is 14.6. The van der Waals surface area contributed by atoms with E-state index in [1.54, 1.807) is 6.07 Å². The minimum atomic E-state index is -3.78. The van der Waals surface area contributed by atoms with Gasteiger partial charge >= 0.3 is 10.2 Å². The van der Waals surface area contributed by atoms with Crippen LogP contribution >= 0.6 is 11.8 Å². The molecular weight excluding hydrogens is 296 g/mol. The van der Waals surface area contributed by atoms with E-state index < -0.39 is 10.2 Å². The van der Waals surface area contributed by atoms with Crippen LogP contribution in [0.15, 0.2) is 46.5 Å². The molecule has 0 N–H and O–H groups in total. The zero-order valence-electron chi connectivity index (χ0n) is 10.9. The predicted molar refractivity (Wildman–Crippen MR) is 75.5 cm³/mol. The number of imidazole rings is 1. The molecular formula is C12H12N4O2S2. The van der Waals surface area contributed by atoms with Crippen molar-refractivity contribution in [2.45, 2.75) is 9.92 Å². The predicted octanol–water partition coefficient (Wildman–Crippen LogP) is 1.56. The molecule has 1 heterocycles. The number of rotatable bonds is 4. The normalized spacial score (nSPS) is 11.5. The van der Waals surface area contributed by atoms with Crippen molar-refractivity contribution in [1.82, 2.24) is 13.3 Å². The molecule has 0 fully saturated rings. The first-order valence-corrected chi connectivity index (χ1v) is 7.82. The van der Waals surface area contributed by atoms with Crippen molar-refractivity contribution in [1.29, 1.82) is 5.26 Å². The van der Waals surface area contributed by atoms with E-state index in [2.05, 4.69) is 4.98 Å². The third-order valence-corrected chi connectivity index (χ3v) is 5.32. The van der Waals surface area contributed by atoms with Gasteiger partial charge < -0.3 is 0 Å². The van der Waals surface area contributed by atoms with Gasteiger partial charge in [0.05, 0.1) is 6.20 Å². The molecule has 0 aliphatic rings. The van der Waals surface area contributed by atoms with Gasteiger partial charge in [0.15, 0.2) is 0 Å². The van der Waals surface area contributed by atoms with E-state index in [1.165, 1.54) is 32.1 Å². The molecule has 0 aliphatic carbocycles. The van der Waals surface area contributed by atoms with Crippen LogP contribution in [0, 0.1) is 11.3 Å². The van der Waals surface area contributed by atoms with Gasteiger partial charge in [-0.05, 0) is 12.1 Å². The summed E-state index contributed by atoms with van der Waals surface area (Å²) in [6.07, 6.45) is 1.39. The number of nitrogens with zero attached hydrogens (tertiary/aromatic N) is 4. The third-order valence-electron chi connectivity index (χ3n) is 2.45. The summed E-state index contributed by atoms with van der Waals surface area (Å²) in [6.45, 7) is 0. The lowest BCUT2D eigenvalue weighted by Crippen LogP contribution is -2.30. The van der Waals surface area contributed by atoms with Gasteiger partial charge in [-0.2, -0.15) is 22.0 Å². The monoisotopic (exact) mass is 308 g/mol. The first-order valence-electron chi connectivity index (χ1n) is 5.60. The first-order chi connectivity index (χ1) is 9.46. The highest BCUT2D eigenvalue weighted by Gasteiger charge is 2.24. The zero-order valence-corrected chi connectivity index (χ0v) is 12.5. The minimum Gasteiger partial charge on any atom is -0.225 e. The summed E-state index contributed by atoms with van der Waals surface area (Å²) in [7, 11) is -0.963. The van der Waals surface area contributed by atoms with Crippen LogP contribution in [-0.2, 0) is 10.2 Å². The molecule has 0 spiro atoms. The molecule has 0 bridgehead atoms. The van der Waals surface area contributed by atoms with Crippen LogP contribution in [0.5, 0.6) is 0 Å². The van der Waals surface area contributed by atoms with E-state index in [-0.39, 0.29) is 5.82 Å². The Hall–Kier alpha value is -1.82. The Morgan fingerprint density at radius 3 is 2.50 bits per heavy atom. The maximum absolute atomic E-state index is 12.3. The van der Waals surface area contributed by atoms with Gasteiger partial charge in [0.1, 0.15) is 11.1 Å². The van der Waals surface area contributed by atoms with E-state index in [0.29, 0.717) is 5.03 Å². The fourth-order valence-electron chi connectivity index (χ4n) is 1.46. The summed E-state index contributed by atoms with van der Waals surface area (Å²) >= 11 is 1.24. The molecule has 0 saturated carbocycles. The molecule has 1 aromatic carbocycles. The molecule has 20 heavy (non-hydrogen) atoms. The Morgan fingerprint density at radius 1 is 1.30 bits per heavy atom. The summed E-state index contributed by atoms with van der Waals surface area (Å²) in [5.41, 5.74) is 0. The third kappa shape index (κ3) is 2.70. The molecule has 0 saturated heterocycles. The Bertz CT molecular complexity index is 746. The van der Waals surface area contributed by atoms with E-state index in [9.17, 15) is 8.42 Å². The molecule has 1 aromatic heterocycles. The maximum atomic E-state index is 12.3. The quantitative estimate of drug-likeness (QED) is 0.856. The van der Waals surface area contributed by atoms with Crippen LogP contribution in [0.2, 0.25) is 0 Å². The highest BCUT2D eigenvalue weighted by Crippen LogP contribution is 2.29. The number of benzene rings is 1. The van der Waals surface area contributed by atoms with Gasteiger partial charge in [-0.3, -0.25) is 0 Å². The van der Waals surface area contributed by atoms with E-state index in [1.807, 2.05) is 30.3 Å². The summed E-state index contributed by atoms with van der Waals surface area (Å²) in [5, 5.41) is 9.39. The Labute approximate surface area is 121 Å². The molecule has 104 valence electrons. The largest absolute Gasteiger partial charge is 0.310 e. The van der Waals surface area contributed by atoms with Crippen LogP contribution in [0.4, 0.5) is 0 Å². The van der Waals surface area contributed by atoms with Crippen LogP contribution in [-0.4, -0.2) is 35.8 Å². The average molecular weight is 308 g/mol. The highest BCUT2D eigenvalue weighted by molar-refractivity contribution is 8.00. The van der Waals surface area contributed by atoms with Crippen molar-refractivity contribution >= 4 is 22.0 Å². The summed E-state index contributed by atoms with van der Waals surface area (Å²) in [5.74, 6) is -0.155. The molecule has 0 atom stereocenters. The van der Waals surface area contributed by atoms with Crippen molar-refractivity contribution < 1.29 is 8.42 Å². The Morgan fingerprint density at radius 2 is 1.95 bits per heavy atom. The van der Waals surface area contributed by atoms with Crippen LogP contribution in [0.3, 0.4) is 0 Å². The van der Waals surface area contributed by atoms with Gasteiger partial charge in [-0.1, -0.05) is 30.0 Å². The van der Waals surface area contributed by atoms with E-state index in [0.717, 1.165) is 13.2 Å². The highest BCUT2D eigenvalue weighted by atomic mass is 32.2. The van der Waals surface area contributed by atoms with Gasteiger partial charge in [-0.15, -0.1) is 0 Å². The lowest BCUT2D eigenvalue weighted by molar-refractivity contribution is 0.506. The SMILES string of the molecule is CN(C)S(=O)(=O)n1c(Sc2ccccc2)cnc1C#N. The smallest absolute Gasteiger partial charge is 0.225 e. The molecule has 0 aliphatic heterocycles. The molecule has 2 aromatic rings. The van der Waals surface area contributed by atoms with E-state index in [4.69, 9.17) is 5.26 Å². The van der Waals surface area contributed by atoms with Crippen LogP contribution in [0.25, 0.3) is 0 Å². The second-order valence-electron chi connectivity index (χ2n) is 4.00. The lowest BCUT2D eigenvalue weighted by atomic mass is 10.4.